The van der Waals surface area contributed by atoms with Crippen molar-refractivity contribution in [1.29, 1.82) is 0 Å². The van der Waals surface area contributed by atoms with Crippen LogP contribution in [0, 0.1) is 0 Å². The first-order chi connectivity index (χ1) is 15.2. The van der Waals surface area contributed by atoms with Gasteiger partial charge in [-0.15, -0.1) is 0 Å². The molecule has 5 rings (SSSR count). The van der Waals surface area contributed by atoms with E-state index in [-0.39, 0.29) is 12.7 Å². The van der Waals surface area contributed by atoms with Crippen LogP contribution in [0.2, 0.25) is 5.02 Å². The lowest BCUT2D eigenvalue weighted by Gasteiger charge is -2.18. The normalized spacial score (nSPS) is 12.5. The molecule has 0 fully saturated rings. The van der Waals surface area contributed by atoms with Crippen molar-refractivity contribution in [2.75, 3.05) is 11.7 Å². The quantitative estimate of drug-likeness (QED) is 0.386. The van der Waals surface area contributed by atoms with Gasteiger partial charge in [0.1, 0.15) is 5.52 Å². The molecule has 4 aromatic rings. The number of anilines is 1. The van der Waals surface area contributed by atoms with Crippen molar-refractivity contribution < 1.29 is 14.3 Å². The Morgan fingerprint density at radius 3 is 2.90 bits per heavy atom. The zero-order chi connectivity index (χ0) is 21.2. The van der Waals surface area contributed by atoms with E-state index < -0.39 is 0 Å². The Bertz CT molecular complexity index is 1290. The highest BCUT2D eigenvalue weighted by atomic mass is 35.5. The van der Waals surface area contributed by atoms with Crippen LogP contribution in [-0.4, -0.2) is 22.7 Å². The van der Waals surface area contributed by atoms with Crippen molar-refractivity contribution in [2.45, 2.75) is 6.54 Å². The molecule has 6 nitrogen and oxygen atoms in total. The molecular formula is C23H16ClN3O3S. The van der Waals surface area contributed by atoms with Gasteiger partial charge in [-0.1, -0.05) is 41.1 Å². The number of para-hydroxylation sites is 1. The third-order valence-electron chi connectivity index (χ3n) is 4.73. The SMILES string of the molecule is O=C(/C=C/c1ccc2c(c1)OCO2)N(Cc1cccnc1)c1nc2c(Cl)cccc2s1. The van der Waals surface area contributed by atoms with Gasteiger partial charge in [0.25, 0.3) is 5.91 Å². The van der Waals surface area contributed by atoms with Gasteiger partial charge in [0.15, 0.2) is 16.6 Å². The zero-order valence-corrected chi connectivity index (χ0v) is 17.8. The van der Waals surface area contributed by atoms with Crippen LogP contribution < -0.4 is 14.4 Å². The predicted octanol–water partition coefficient (Wildman–Crippen LogP) is 5.32. The Kier molecular flexibility index (Phi) is 5.28. The molecule has 1 amide bonds. The van der Waals surface area contributed by atoms with Crippen LogP contribution in [0.25, 0.3) is 16.3 Å². The predicted molar refractivity (Wildman–Crippen MR) is 122 cm³/mol. The summed E-state index contributed by atoms with van der Waals surface area (Å²) in [5.41, 5.74) is 2.43. The third kappa shape index (κ3) is 4.10. The highest BCUT2D eigenvalue weighted by Crippen LogP contribution is 2.34. The first-order valence-corrected chi connectivity index (χ1v) is 10.7. The van der Waals surface area contributed by atoms with E-state index in [0.717, 1.165) is 15.8 Å². The second kappa shape index (κ2) is 8.37. The molecule has 2 aromatic carbocycles. The summed E-state index contributed by atoms with van der Waals surface area (Å²) in [7, 11) is 0. The number of hydrogen-bond acceptors (Lipinski definition) is 6. The van der Waals surface area contributed by atoms with Crippen molar-refractivity contribution in [2.24, 2.45) is 0 Å². The number of carbonyl (C=O) groups excluding carboxylic acids is 1. The van der Waals surface area contributed by atoms with Crippen molar-refractivity contribution in [3.05, 3.63) is 83.2 Å². The van der Waals surface area contributed by atoms with Crippen LogP contribution in [0.5, 0.6) is 11.5 Å². The number of amides is 1. The Labute approximate surface area is 187 Å². The highest BCUT2D eigenvalue weighted by molar-refractivity contribution is 7.22. The maximum absolute atomic E-state index is 13.2. The van der Waals surface area contributed by atoms with Gasteiger partial charge >= 0.3 is 0 Å². The minimum atomic E-state index is -0.198. The number of benzene rings is 2. The highest BCUT2D eigenvalue weighted by Gasteiger charge is 2.20. The van der Waals surface area contributed by atoms with Crippen LogP contribution in [-0.2, 0) is 11.3 Å². The number of pyridine rings is 1. The summed E-state index contributed by atoms with van der Waals surface area (Å²) in [6.07, 6.45) is 6.72. The lowest BCUT2D eigenvalue weighted by Crippen LogP contribution is -2.28. The monoisotopic (exact) mass is 449 g/mol. The van der Waals surface area contributed by atoms with Crippen molar-refractivity contribution in [3.63, 3.8) is 0 Å². The molecule has 1 aliphatic rings. The lowest BCUT2D eigenvalue weighted by atomic mass is 10.2. The van der Waals surface area contributed by atoms with Crippen LogP contribution in [0.4, 0.5) is 5.13 Å². The fourth-order valence-corrected chi connectivity index (χ4v) is 4.48. The van der Waals surface area contributed by atoms with Gasteiger partial charge in [0, 0.05) is 18.5 Å². The van der Waals surface area contributed by atoms with E-state index in [9.17, 15) is 4.79 Å². The van der Waals surface area contributed by atoms with Crippen LogP contribution >= 0.6 is 22.9 Å². The van der Waals surface area contributed by atoms with E-state index in [2.05, 4.69) is 9.97 Å². The Morgan fingerprint density at radius 2 is 2.06 bits per heavy atom. The number of halogens is 1. The van der Waals surface area contributed by atoms with E-state index >= 15 is 0 Å². The topological polar surface area (TPSA) is 64.6 Å². The van der Waals surface area contributed by atoms with Crippen molar-refractivity contribution >= 4 is 50.3 Å². The van der Waals surface area contributed by atoms with Crippen LogP contribution in [0.3, 0.4) is 0 Å². The number of nitrogens with zero attached hydrogens (tertiary/aromatic N) is 3. The zero-order valence-electron chi connectivity index (χ0n) is 16.2. The van der Waals surface area contributed by atoms with Crippen molar-refractivity contribution in [1.82, 2.24) is 9.97 Å². The van der Waals surface area contributed by atoms with Gasteiger partial charge in [-0.25, -0.2) is 4.98 Å². The molecule has 0 spiro atoms. The van der Waals surface area contributed by atoms with Gasteiger partial charge in [-0.05, 0) is 47.5 Å². The Balaban J connectivity index is 1.47. The minimum Gasteiger partial charge on any atom is -0.454 e. The summed E-state index contributed by atoms with van der Waals surface area (Å²) in [6.45, 7) is 0.552. The standard InChI is InChI=1S/C23H16ClN3O3S/c24-17-4-1-5-20-22(17)26-23(31-20)27(13-16-3-2-10-25-12-16)21(28)9-7-15-6-8-18-19(11-15)30-14-29-18/h1-12H,13-14H2/b9-7+. The second-order valence-electron chi connectivity index (χ2n) is 6.81. The van der Waals surface area contributed by atoms with Gasteiger partial charge in [-0.2, -0.15) is 0 Å². The van der Waals surface area contributed by atoms with E-state index in [1.165, 1.54) is 17.4 Å². The van der Waals surface area contributed by atoms with Crippen molar-refractivity contribution in [3.8, 4) is 11.5 Å². The maximum Gasteiger partial charge on any atom is 0.253 e. The first kappa shape index (κ1) is 19.5. The number of ether oxygens (including phenoxy) is 2. The molecule has 8 heteroatoms. The molecule has 0 unspecified atom stereocenters. The average molecular weight is 450 g/mol. The summed E-state index contributed by atoms with van der Waals surface area (Å²) in [6, 6.07) is 14.9. The number of carbonyl (C=O) groups is 1. The molecule has 154 valence electrons. The lowest BCUT2D eigenvalue weighted by molar-refractivity contribution is -0.114. The number of hydrogen-bond donors (Lipinski definition) is 0. The summed E-state index contributed by atoms with van der Waals surface area (Å²) in [4.78, 5) is 23.6. The summed E-state index contributed by atoms with van der Waals surface area (Å²) in [5, 5.41) is 1.14. The molecular weight excluding hydrogens is 434 g/mol. The molecule has 3 heterocycles. The Hall–Kier alpha value is -3.42. The molecule has 0 saturated carbocycles. The molecule has 2 aromatic heterocycles. The molecule has 0 N–H and O–H groups in total. The number of aromatic nitrogens is 2. The first-order valence-electron chi connectivity index (χ1n) is 9.50. The van der Waals surface area contributed by atoms with Crippen LogP contribution in [0.1, 0.15) is 11.1 Å². The van der Waals surface area contributed by atoms with Gasteiger partial charge < -0.3 is 9.47 Å². The average Bonchev–Trinajstić information content (AvgIpc) is 3.44. The smallest absolute Gasteiger partial charge is 0.253 e. The van der Waals surface area contributed by atoms with Crippen LogP contribution in [0.15, 0.2) is 67.0 Å². The molecule has 0 bridgehead atoms. The summed E-state index contributed by atoms with van der Waals surface area (Å²) < 4.78 is 11.7. The molecule has 1 aliphatic heterocycles. The molecule has 0 aliphatic carbocycles. The largest absolute Gasteiger partial charge is 0.454 e. The summed E-state index contributed by atoms with van der Waals surface area (Å²) >= 11 is 7.72. The second-order valence-corrected chi connectivity index (χ2v) is 8.23. The number of thiazole rings is 1. The molecule has 31 heavy (non-hydrogen) atoms. The fourth-order valence-electron chi connectivity index (χ4n) is 3.21. The van der Waals surface area contributed by atoms with E-state index in [1.54, 1.807) is 29.4 Å². The van der Waals surface area contributed by atoms with E-state index in [0.29, 0.717) is 33.7 Å². The fraction of sp³-hybridized carbons (Fsp3) is 0.0870. The van der Waals surface area contributed by atoms with E-state index in [4.69, 9.17) is 21.1 Å². The number of rotatable bonds is 5. The molecule has 0 saturated heterocycles. The third-order valence-corrected chi connectivity index (χ3v) is 6.08. The summed E-state index contributed by atoms with van der Waals surface area (Å²) in [5.74, 6) is 1.17. The minimum absolute atomic E-state index is 0.198. The van der Waals surface area contributed by atoms with E-state index in [1.807, 2.05) is 42.5 Å². The van der Waals surface area contributed by atoms with Gasteiger partial charge in [-0.3, -0.25) is 14.7 Å². The maximum atomic E-state index is 13.2. The molecule has 0 radical (unpaired) electrons. The van der Waals surface area contributed by atoms with Gasteiger partial charge in [0.2, 0.25) is 6.79 Å². The van der Waals surface area contributed by atoms with Gasteiger partial charge in [0.05, 0.1) is 16.3 Å². The Morgan fingerprint density at radius 1 is 1.16 bits per heavy atom. The molecule has 0 atom stereocenters. The number of fused-ring (bicyclic) bond motifs is 2.